The van der Waals surface area contributed by atoms with Crippen molar-refractivity contribution in [3.63, 3.8) is 0 Å². The van der Waals surface area contributed by atoms with Gasteiger partial charge in [0.2, 0.25) is 0 Å². The summed E-state index contributed by atoms with van der Waals surface area (Å²) in [6.45, 7) is 10.3. The molecular formula is C27H24O6. The second-order valence-corrected chi connectivity index (χ2v) is 7.57. The second kappa shape index (κ2) is 10.4. The molecule has 6 heteroatoms. The molecule has 0 spiro atoms. The molecule has 3 aromatic carbocycles. The van der Waals surface area contributed by atoms with Crippen LogP contribution in [0.4, 0.5) is 0 Å². The monoisotopic (exact) mass is 444 g/mol. The molecule has 0 aliphatic heterocycles. The average molecular weight is 444 g/mol. The molecule has 0 saturated carbocycles. The van der Waals surface area contributed by atoms with Gasteiger partial charge in [-0.2, -0.15) is 0 Å². The van der Waals surface area contributed by atoms with Crippen molar-refractivity contribution in [2.75, 3.05) is 13.2 Å². The summed E-state index contributed by atoms with van der Waals surface area (Å²) >= 11 is 0. The molecule has 168 valence electrons. The molecule has 0 N–H and O–H groups in total. The number of benzene rings is 3. The lowest BCUT2D eigenvalue weighted by Crippen LogP contribution is -2.11. The predicted molar refractivity (Wildman–Crippen MR) is 126 cm³/mol. The minimum atomic E-state index is -0.504. The van der Waals surface area contributed by atoms with Crippen LogP contribution in [0.15, 0.2) is 85.0 Å². The highest BCUT2D eigenvalue weighted by atomic mass is 16.5. The van der Waals surface area contributed by atoms with Crippen LogP contribution in [-0.2, 0) is 9.59 Å². The van der Waals surface area contributed by atoms with Gasteiger partial charge in [0.25, 0.3) is 0 Å². The Hall–Kier alpha value is -4.19. The minimum Gasteiger partial charge on any atom is -0.485 e. The molecule has 0 aliphatic carbocycles. The average Bonchev–Trinajstić information content (AvgIpc) is 2.81. The highest BCUT2D eigenvalue weighted by molar-refractivity contribution is 5.97. The second-order valence-electron chi connectivity index (χ2n) is 7.57. The zero-order chi connectivity index (χ0) is 24.0. The number of Topliss-reactive ketones (excluding diaryl/α,β-unsaturated/α-hetero) is 2. The van der Waals surface area contributed by atoms with E-state index in [4.69, 9.17) is 14.2 Å². The number of esters is 1. The first-order valence-electron chi connectivity index (χ1n) is 10.2. The first-order chi connectivity index (χ1) is 15.7. The summed E-state index contributed by atoms with van der Waals surface area (Å²) in [4.78, 5) is 35.8. The fourth-order valence-electron chi connectivity index (χ4n) is 2.75. The van der Waals surface area contributed by atoms with Crippen molar-refractivity contribution in [2.24, 2.45) is 0 Å². The molecule has 0 aromatic heterocycles. The Bertz CT molecular complexity index is 1240. The normalized spacial score (nSPS) is 10.4. The van der Waals surface area contributed by atoms with E-state index in [0.29, 0.717) is 34.0 Å². The van der Waals surface area contributed by atoms with Crippen molar-refractivity contribution in [2.45, 2.75) is 13.8 Å². The molecule has 3 rings (SSSR count). The zero-order valence-corrected chi connectivity index (χ0v) is 18.6. The summed E-state index contributed by atoms with van der Waals surface area (Å²) in [5.41, 5.74) is 1.26. The molecule has 0 atom stereocenters. The molecular weight excluding hydrogens is 420 g/mol. The van der Waals surface area contributed by atoms with Crippen LogP contribution < -0.4 is 14.2 Å². The van der Waals surface area contributed by atoms with Crippen molar-refractivity contribution in [3.8, 4) is 17.2 Å². The maximum absolute atomic E-state index is 12.6. The number of rotatable bonds is 10. The van der Waals surface area contributed by atoms with Crippen LogP contribution >= 0.6 is 0 Å². The number of fused-ring (bicyclic) bond motifs is 1. The van der Waals surface area contributed by atoms with Crippen molar-refractivity contribution in [3.05, 3.63) is 90.5 Å². The summed E-state index contributed by atoms with van der Waals surface area (Å²) in [6.07, 6.45) is 0. The third-order valence-electron chi connectivity index (χ3n) is 4.77. The molecule has 0 saturated heterocycles. The Kier molecular flexibility index (Phi) is 7.41. The van der Waals surface area contributed by atoms with Gasteiger partial charge < -0.3 is 14.2 Å². The van der Waals surface area contributed by atoms with Crippen molar-refractivity contribution in [1.29, 1.82) is 0 Å². The molecule has 6 nitrogen and oxygen atoms in total. The molecule has 0 heterocycles. The third-order valence-corrected chi connectivity index (χ3v) is 4.77. The molecule has 0 fully saturated rings. The number of ketones is 2. The lowest BCUT2D eigenvalue weighted by molar-refractivity contribution is -0.118. The SMILES string of the molecule is C=C(C)C(=O)COc1ccc(OC(=O)c2ccc3cc(OCC(=O)C(=C)C)ccc3c2)cc1. The van der Waals surface area contributed by atoms with E-state index in [9.17, 15) is 14.4 Å². The van der Waals surface area contributed by atoms with E-state index in [1.54, 1.807) is 68.4 Å². The lowest BCUT2D eigenvalue weighted by atomic mass is 10.1. The summed E-state index contributed by atoms with van der Waals surface area (Å²) < 4.78 is 16.3. The quantitative estimate of drug-likeness (QED) is 0.246. The van der Waals surface area contributed by atoms with E-state index < -0.39 is 5.97 Å². The van der Waals surface area contributed by atoms with Gasteiger partial charge in [-0.15, -0.1) is 0 Å². The summed E-state index contributed by atoms with van der Waals surface area (Å²) in [5, 5.41) is 1.69. The van der Waals surface area contributed by atoms with E-state index >= 15 is 0 Å². The first-order valence-corrected chi connectivity index (χ1v) is 10.2. The molecule has 0 radical (unpaired) electrons. The van der Waals surface area contributed by atoms with Gasteiger partial charge in [-0.1, -0.05) is 25.3 Å². The fourth-order valence-corrected chi connectivity index (χ4v) is 2.75. The van der Waals surface area contributed by atoms with Gasteiger partial charge in [0.1, 0.15) is 17.2 Å². The highest BCUT2D eigenvalue weighted by Gasteiger charge is 2.11. The Labute approximate surface area is 192 Å². The largest absolute Gasteiger partial charge is 0.485 e. The van der Waals surface area contributed by atoms with Crippen molar-refractivity contribution in [1.82, 2.24) is 0 Å². The molecule has 0 unspecified atom stereocenters. The standard InChI is InChI=1S/C27H24O6/c1-17(2)25(28)15-31-22-9-11-23(12-10-22)33-27(30)21-6-5-20-14-24(8-7-19(20)13-21)32-16-26(29)18(3)4/h5-14H,1,3,15-16H2,2,4H3. The Morgan fingerprint density at radius 1 is 0.667 bits per heavy atom. The molecule has 3 aromatic rings. The molecule has 33 heavy (non-hydrogen) atoms. The van der Waals surface area contributed by atoms with Crippen LogP contribution in [0.1, 0.15) is 24.2 Å². The number of carbonyl (C=O) groups is 3. The van der Waals surface area contributed by atoms with Gasteiger partial charge >= 0.3 is 5.97 Å². The topological polar surface area (TPSA) is 78.9 Å². The van der Waals surface area contributed by atoms with Crippen LogP contribution in [0.2, 0.25) is 0 Å². The summed E-state index contributed by atoms with van der Waals surface area (Å²) in [7, 11) is 0. The molecule has 0 bridgehead atoms. The van der Waals surface area contributed by atoms with E-state index in [0.717, 1.165) is 10.8 Å². The number of ether oxygens (including phenoxy) is 3. The van der Waals surface area contributed by atoms with Gasteiger partial charge in [-0.05, 0) is 84.3 Å². The Morgan fingerprint density at radius 3 is 1.76 bits per heavy atom. The van der Waals surface area contributed by atoms with Gasteiger partial charge in [0.05, 0.1) is 5.56 Å². The van der Waals surface area contributed by atoms with Crippen LogP contribution in [-0.4, -0.2) is 30.7 Å². The van der Waals surface area contributed by atoms with Gasteiger partial charge in [-0.25, -0.2) is 4.79 Å². The lowest BCUT2D eigenvalue weighted by Gasteiger charge is -2.09. The van der Waals surface area contributed by atoms with Crippen LogP contribution in [0.25, 0.3) is 10.8 Å². The van der Waals surface area contributed by atoms with Crippen LogP contribution in [0.3, 0.4) is 0 Å². The molecule has 0 aliphatic rings. The van der Waals surface area contributed by atoms with E-state index in [1.807, 2.05) is 6.07 Å². The summed E-state index contributed by atoms with van der Waals surface area (Å²) in [6, 6.07) is 16.9. The van der Waals surface area contributed by atoms with Crippen molar-refractivity contribution >= 4 is 28.3 Å². The van der Waals surface area contributed by atoms with E-state index in [2.05, 4.69) is 13.2 Å². The zero-order valence-electron chi connectivity index (χ0n) is 18.6. The first kappa shape index (κ1) is 23.5. The maximum Gasteiger partial charge on any atom is 0.343 e. The van der Waals surface area contributed by atoms with Gasteiger partial charge in [-0.3, -0.25) is 9.59 Å². The third kappa shape index (κ3) is 6.40. The van der Waals surface area contributed by atoms with Crippen LogP contribution in [0.5, 0.6) is 17.2 Å². The Morgan fingerprint density at radius 2 is 1.15 bits per heavy atom. The van der Waals surface area contributed by atoms with E-state index in [1.165, 1.54) is 0 Å². The van der Waals surface area contributed by atoms with Gasteiger partial charge in [0, 0.05) is 0 Å². The van der Waals surface area contributed by atoms with Crippen molar-refractivity contribution < 1.29 is 28.6 Å². The van der Waals surface area contributed by atoms with Gasteiger partial charge in [0.15, 0.2) is 24.8 Å². The molecule has 0 amide bonds. The number of hydrogen-bond acceptors (Lipinski definition) is 6. The maximum atomic E-state index is 12.6. The number of carbonyl (C=O) groups excluding carboxylic acids is 3. The Balaban J connectivity index is 1.63. The fraction of sp³-hybridized carbons (Fsp3) is 0.148. The smallest absolute Gasteiger partial charge is 0.343 e. The predicted octanol–water partition coefficient (Wildman–Crippen LogP) is 5.11. The number of hydrogen-bond donors (Lipinski definition) is 0. The van der Waals surface area contributed by atoms with Crippen LogP contribution in [0, 0.1) is 0 Å². The van der Waals surface area contributed by atoms with E-state index in [-0.39, 0.29) is 24.8 Å². The highest BCUT2D eigenvalue weighted by Crippen LogP contribution is 2.24. The summed E-state index contributed by atoms with van der Waals surface area (Å²) in [5.74, 6) is 0.548. The minimum absolute atomic E-state index is 0.0702.